The fourth-order valence-electron chi connectivity index (χ4n) is 1.24. The first kappa shape index (κ1) is 7.80. The summed E-state index contributed by atoms with van der Waals surface area (Å²) in [5.74, 6) is 0. The van der Waals surface area contributed by atoms with Crippen LogP contribution < -0.4 is 0 Å². The topological polar surface area (TPSA) is 17.1 Å². The molecule has 0 N–H and O–H groups in total. The SMILES string of the molecule is O=C(Cl)CC1=CCCCC1. The molecule has 0 radical (unpaired) electrons. The molecule has 0 saturated carbocycles. The molecule has 0 heterocycles. The molecular weight excluding hydrogens is 148 g/mol. The number of halogens is 1. The minimum atomic E-state index is -0.229. The third-order valence-electron chi connectivity index (χ3n) is 1.75. The summed E-state index contributed by atoms with van der Waals surface area (Å²) in [6, 6.07) is 0. The van der Waals surface area contributed by atoms with Gasteiger partial charge in [0.2, 0.25) is 5.24 Å². The van der Waals surface area contributed by atoms with E-state index in [-0.39, 0.29) is 5.24 Å². The standard InChI is InChI=1S/C8H11ClO/c9-8(10)6-7-4-2-1-3-5-7/h4H,1-3,5-6H2. The maximum absolute atomic E-state index is 10.4. The van der Waals surface area contributed by atoms with Crippen LogP contribution in [0.4, 0.5) is 0 Å². The second-order valence-corrected chi connectivity index (χ2v) is 3.06. The van der Waals surface area contributed by atoms with Crippen LogP contribution in [-0.4, -0.2) is 5.24 Å². The second kappa shape index (κ2) is 3.77. The van der Waals surface area contributed by atoms with Crippen molar-refractivity contribution < 1.29 is 4.79 Å². The molecular formula is C8H11ClO. The number of hydrogen-bond acceptors (Lipinski definition) is 1. The Balaban J connectivity index is 2.38. The van der Waals surface area contributed by atoms with Gasteiger partial charge in [0.25, 0.3) is 0 Å². The fourth-order valence-corrected chi connectivity index (χ4v) is 1.42. The average Bonchev–Trinajstić information content (AvgIpc) is 1.88. The van der Waals surface area contributed by atoms with Crippen LogP contribution in [0.3, 0.4) is 0 Å². The van der Waals surface area contributed by atoms with E-state index in [1.54, 1.807) is 0 Å². The van der Waals surface area contributed by atoms with E-state index in [9.17, 15) is 4.79 Å². The van der Waals surface area contributed by atoms with Gasteiger partial charge >= 0.3 is 0 Å². The molecule has 56 valence electrons. The molecule has 10 heavy (non-hydrogen) atoms. The summed E-state index contributed by atoms with van der Waals surface area (Å²) in [6.45, 7) is 0. The average molecular weight is 159 g/mol. The predicted molar refractivity (Wildman–Crippen MR) is 42.0 cm³/mol. The Kier molecular flexibility index (Phi) is 2.94. The van der Waals surface area contributed by atoms with Gasteiger partial charge in [-0.1, -0.05) is 11.6 Å². The van der Waals surface area contributed by atoms with Gasteiger partial charge in [0.15, 0.2) is 0 Å². The van der Waals surface area contributed by atoms with E-state index in [0.29, 0.717) is 6.42 Å². The third-order valence-corrected chi connectivity index (χ3v) is 1.88. The Labute approximate surface area is 66.1 Å². The third kappa shape index (κ3) is 2.53. The van der Waals surface area contributed by atoms with Gasteiger partial charge in [0, 0.05) is 6.42 Å². The molecule has 0 aromatic heterocycles. The summed E-state index contributed by atoms with van der Waals surface area (Å²) in [6.07, 6.45) is 7.28. The van der Waals surface area contributed by atoms with Crippen LogP contribution >= 0.6 is 11.6 Å². The van der Waals surface area contributed by atoms with Crippen LogP contribution in [0, 0.1) is 0 Å². The smallest absolute Gasteiger partial charge is 0.225 e. The van der Waals surface area contributed by atoms with Crippen molar-refractivity contribution in [2.24, 2.45) is 0 Å². The highest BCUT2D eigenvalue weighted by Gasteiger charge is 2.05. The number of allylic oxidation sites excluding steroid dienone is 2. The summed E-state index contributed by atoms with van der Waals surface area (Å²) in [7, 11) is 0. The Bertz CT molecular complexity index is 161. The van der Waals surface area contributed by atoms with Crippen molar-refractivity contribution >= 4 is 16.8 Å². The molecule has 0 bridgehead atoms. The lowest BCUT2D eigenvalue weighted by Crippen LogP contribution is -1.95. The van der Waals surface area contributed by atoms with Crippen molar-refractivity contribution in [3.05, 3.63) is 11.6 Å². The zero-order valence-electron chi connectivity index (χ0n) is 5.90. The van der Waals surface area contributed by atoms with Crippen molar-refractivity contribution in [3.63, 3.8) is 0 Å². The number of carbonyl (C=O) groups is 1. The van der Waals surface area contributed by atoms with Gasteiger partial charge < -0.3 is 0 Å². The summed E-state index contributed by atoms with van der Waals surface area (Å²) in [4.78, 5) is 10.4. The van der Waals surface area contributed by atoms with E-state index < -0.39 is 0 Å². The Morgan fingerprint density at radius 1 is 1.60 bits per heavy atom. The minimum Gasteiger partial charge on any atom is -0.281 e. The summed E-state index contributed by atoms with van der Waals surface area (Å²) >= 11 is 5.23. The van der Waals surface area contributed by atoms with Crippen LogP contribution in [0.5, 0.6) is 0 Å². The molecule has 0 aliphatic heterocycles. The highest BCUT2D eigenvalue weighted by atomic mass is 35.5. The van der Waals surface area contributed by atoms with Crippen LogP contribution in [-0.2, 0) is 4.79 Å². The number of carbonyl (C=O) groups excluding carboxylic acids is 1. The first-order valence-corrected chi connectivity index (χ1v) is 4.03. The summed E-state index contributed by atoms with van der Waals surface area (Å²) in [5.41, 5.74) is 1.23. The molecule has 0 saturated heterocycles. The first-order chi connectivity index (χ1) is 4.79. The first-order valence-electron chi connectivity index (χ1n) is 3.65. The van der Waals surface area contributed by atoms with Crippen LogP contribution in [0.25, 0.3) is 0 Å². The summed E-state index contributed by atoms with van der Waals surface area (Å²) < 4.78 is 0. The molecule has 1 rings (SSSR count). The van der Waals surface area contributed by atoms with E-state index in [0.717, 1.165) is 12.8 Å². The molecule has 1 nitrogen and oxygen atoms in total. The van der Waals surface area contributed by atoms with E-state index in [1.807, 2.05) is 0 Å². The fraction of sp³-hybridized carbons (Fsp3) is 0.625. The van der Waals surface area contributed by atoms with Gasteiger partial charge in [-0.05, 0) is 37.3 Å². The zero-order valence-corrected chi connectivity index (χ0v) is 6.66. The lowest BCUT2D eigenvalue weighted by atomic mass is 9.98. The van der Waals surface area contributed by atoms with Gasteiger partial charge in [-0.3, -0.25) is 4.79 Å². The molecule has 0 fully saturated rings. The number of rotatable bonds is 2. The van der Waals surface area contributed by atoms with Crippen molar-refractivity contribution in [2.75, 3.05) is 0 Å². The molecule has 0 spiro atoms. The molecule has 0 unspecified atom stereocenters. The normalized spacial score (nSPS) is 18.3. The molecule has 0 atom stereocenters. The van der Waals surface area contributed by atoms with Crippen molar-refractivity contribution in [2.45, 2.75) is 32.1 Å². The number of hydrogen-bond donors (Lipinski definition) is 0. The highest BCUT2D eigenvalue weighted by Crippen LogP contribution is 2.20. The van der Waals surface area contributed by atoms with Gasteiger partial charge in [-0.2, -0.15) is 0 Å². The monoisotopic (exact) mass is 158 g/mol. The molecule has 0 aromatic carbocycles. The van der Waals surface area contributed by atoms with Crippen LogP contribution in [0.15, 0.2) is 11.6 Å². The lowest BCUT2D eigenvalue weighted by Gasteiger charge is -2.09. The van der Waals surface area contributed by atoms with Crippen LogP contribution in [0.1, 0.15) is 32.1 Å². The van der Waals surface area contributed by atoms with Crippen molar-refractivity contribution in [1.29, 1.82) is 0 Å². The quantitative estimate of drug-likeness (QED) is 0.446. The van der Waals surface area contributed by atoms with E-state index in [4.69, 9.17) is 11.6 Å². The lowest BCUT2D eigenvalue weighted by molar-refractivity contribution is -0.111. The molecule has 2 heteroatoms. The minimum absolute atomic E-state index is 0.229. The Morgan fingerprint density at radius 3 is 2.90 bits per heavy atom. The van der Waals surface area contributed by atoms with Crippen LogP contribution in [0.2, 0.25) is 0 Å². The Morgan fingerprint density at radius 2 is 2.40 bits per heavy atom. The molecule has 1 aliphatic carbocycles. The van der Waals surface area contributed by atoms with Crippen molar-refractivity contribution in [1.82, 2.24) is 0 Å². The molecule has 0 aromatic rings. The maximum Gasteiger partial charge on any atom is 0.225 e. The molecule has 1 aliphatic rings. The van der Waals surface area contributed by atoms with Gasteiger partial charge in [0.1, 0.15) is 0 Å². The second-order valence-electron chi connectivity index (χ2n) is 2.64. The van der Waals surface area contributed by atoms with Gasteiger partial charge in [0.05, 0.1) is 0 Å². The van der Waals surface area contributed by atoms with Crippen molar-refractivity contribution in [3.8, 4) is 0 Å². The molecule has 0 amide bonds. The van der Waals surface area contributed by atoms with E-state index in [1.165, 1.54) is 18.4 Å². The van der Waals surface area contributed by atoms with Gasteiger partial charge in [-0.15, -0.1) is 0 Å². The zero-order chi connectivity index (χ0) is 7.40. The Hall–Kier alpha value is -0.300. The predicted octanol–water partition coefficient (Wildman–Crippen LogP) is 2.64. The van der Waals surface area contributed by atoms with E-state index >= 15 is 0 Å². The largest absolute Gasteiger partial charge is 0.281 e. The highest BCUT2D eigenvalue weighted by molar-refractivity contribution is 6.63. The van der Waals surface area contributed by atoms with E-state index in [2.05, 4.69) is 6.08 Å². The van der Waals surface area contributed by atoms with Gasteiger partial charge in [-0.25, -0.2) is 0 Å². The maximum atomic E-state index is 10.4. The summed E-state index contributed by atoms with van der Waals surface area (Å²) in [5, 5.41) is -0.229.